The van der Waals surface area contributed by atoms with Gasteiger partial charge in [0.15, 0.2) is 0 Å². The molecule has 0 spiro atoms. The van der Waals surface area contributed by atoms with Crippen LogP contribution in [0.25, 0.3) is 0 Å². The Labute approximate surface area is 122 Å². The molecular weight excluding hydrogens is 263 g/mol. The lowest BCUT2D eigenvalue weighted by atomic mass is 9.75. The second-order valence-electron chi connectivity index (χ2n) is 5.30. The van der Waals surface area contributed by atoms with E-state index in [4.69, 9.17) is 23.2 Å². The molecule has 0 nitrogen and oxygen atoms in total. The topological polar surface area (TPSA) is 0 Å². The number of hydrogen-bond acceptors (Lipinski definition) is 0. The van der Waals surface area contributed by atoms with Crippen LogP contribution >= 0.6 is 23.2 Å². The lowest BCUT2D eigenvalue weighted by molar-refractivity contribution is 0.349. The summed E-state index contributed by atoms with van der Waals surface area (Å²) < 4.78 is 0. The van der Waals surface area contributed by atoms with Crippen LogP contribution in [-0.2, 0) is 5.41 Å². The van der Waals surface area contributed by atoms with Crippen molar-refractivity contribution >= 4 is 23.2 Å². The zero-order chi connectivity index (χ0) is 13.6. The molecular formula is C16H24Cl2. The molecule has 0 aliphatic heterocycles. The fraction of sp³-hybridized carbons (Fsp3) is 0.625. The minimum absolute atomic E-state index is 0.0759. The van der Waals surface area contributed by atoms with Crippen LogP contribution in [0.15, 0.2) is 24.3 Å². The first-order valence-corrected chi connectivity index (χ1v) is 7.87. The first kappa shape index (κ1) is 15.9. The van der Waals surface area contributed by atoms with Gasteiger partial charge < -0.3 is 0 Å². The summed E-state index contributed by atoms with van der Waals surface area (Å²) in [6.45, 7) is 6.60. The van der Waals surface area contributed by atoms with Gasteiger partial charge in [-0.2, -0.15) is 0 Å². The van der Waals surface area contributed by atoms with Crippen LogP contribution in [0, 0.1) is 12.8 Å². The molecule has 2 heteroatoms. The predicted molar refractivity (Wildman–Crippen MR) is 83.0 cm³/mol. The highest BCUT2D eigenvalue weighted by atomic mass is 35.5. The smallest absolute Gasteiger partial charge is 0.0332 e. The van der Waals surface area contributed by atoms with Gasteiger partial charge in [-0.3, -0.25) is 0 Å². The molecule has 0 amide bonds. The van der Waals surface area contributed by atoms with Gasteiger partial charge in [0, 0.05) is 17.2 Å². The Kier molecular flexibility index (Phi) is 6.52. The molecule has 0 fully saturated rings. The molecule has 1 rings (SSSR count). The highest BCUT2D eigenvalue weighted by Crippen LogP contribution is 2.36. The molecule has 0 saturated heterocycles. The molecule has 0 radical (unpaired) electrons. The molecule has 18 heavy (non-hydrogen) atoms. The maximum absolute atomic E-state index is 6.27. The Morgan fingerprint density at radius 3 is 1.89 bits per heavy atom. The van der Waals surface area contributed by atoms with Gasteiger partial charge in [-0.25, -0.2) is 0 Å². The summed E-state index contributed by atoms with van der Waals surface area (Å²) in [5.41, 5.74) is 2.48. The molecule has 0 heterocycles. The first-order chi connectivity index (χ1) is 8.61. The lowest BCUT2D eigenvalue weighted by Gasteiger charge is -2.33. The van der Waals surface area contributed by atoms with Crippen molar-refractivity contribution in [1.82, 2.24) is 0 Å². The minimum Gasteiger partial charge on any atom is -0.126 e. The average molecular weight is 287 g/mol. The van der Waals surface area contributed by atoms with E-state index in [9.17, 15) is 0 Å². The zero-order valence-electron chi connectivity index (χ0n) is 11.7. The van der Waals surface area contributed by atoms with E-state index in [0.29, 0.717) is 17.7 Å². The monoisotopic (exact) mass is 286 g/mol. The molecule has 0 N–H and O–H groups in total. The van der Waals surface area contributed by atoms with Crippen LogP contribution in [0.3, 0.4) is 0 Å². The van der Waals surface area contributed by atoms with Gasteiger partial charge in [-0.15, -0.1) is 23.2 Å². The highest BCUT2D eigenvalue weighted by molar-refractivity contribution is 6.22. The summed E-state index contributed by atoms with van der Waals surface area (Å²) in [5.74, 6) is 1.88. The Bertz CT molecular complexity index is 335. The van der Waals surface area contributed by atoms with Gasteiger partial charge >= 0.3 is 0 Å². The van der Waals surface area contributed by atoms with Crippen molar-refractivity contribution in [3.05, 3.63) is 35.4 Å². The summed E-state index contributed by atoms with van der Waals surface area (Å²) >= 11 is 12.5. The normalized spacial score (nSPS) is 12.1. The van der Waals surface area contributed by atoms with Crippen molar-refractivity contribution in [1.29, 1.82) is 0 Å². The van der Waals surface area contributed by atoms with Crippen LogP contribution < -0.4 is 0 Å². The molecule has 0 aliphatic rings. The molecule has 0 atom stereocenters. The van der Waals surface area contributed by atoms with Gasteiger partial charge in [-0.05, 0) is 24.8 Å². The van der Waals surface area contributed by atoms with E-state index in [1.807, 2.05) is 0 Å². The third-order valence-corrected chi connectivity index (χ3v) is 5.03. The Morgan fingerprint density at radius 2 is 1.50 bits per heavy atom. The highest BCUT2D eigenvalue weighted by Gasteiger charge is 2.32. The number of hydrogen-bond donors (Lipinski definition) is 0. The maximum Gasteiger partial charge on any atom is 0.0332 e. The summed E-state index contributed by atoms with van der Waals surface area (Å²) in [7, 11) is 0. The van der Waals surface area contributed by atoms with Crippen LogP contribution in [0.4, 0.5) is 0 Å². The number of halogens is 2. The fourth-order valence-corrected chi connectivity index (χ4v) is 3.27. The molecule has 0 saturated carbocycles. The molecule has 1 aromatic carbocycles. The molecule has 1 aromatic rings. The van der Waals surface area contributed by atoms with E-state index >= 15 is 0 Å². The van der Waals surface area contributed by atoms with Crippen molar-refractivity contribution in [2.45, 2.75) is 45.4 Å². The van der Waals surface area contributed by atoms with Gasteiger partial charge in [0.2, 0.25) is 0 Å². The van der Waals surface area contributed by atoms with Gasteiger partial charge in [-0.1, -0.05) is 56.5 Å². The van der Waals surface area contributed by atoms with Crippen LogP contribution in [0.1, 0.15) is 44.2 Å². The number of alkyl halides is 2. The largest absolute Gasteiger partial charge is 0.126 e. The molecule has 0 unspecified atom stereocenters. The van der Waals surface area contributed by atoms with E-state index in [-0.39, 0.29) is 5.41 Å². The summed E-state index contributed by atoms with van der Waals surface area (Å²) in [5, 5.41) is 0. The minimum atomic E-state index is -0.0759. The second-order valence-corrected chi connectivity index (χ2v) is 5.83. The number of rotatable bonds is 7. The summed E-state index contributed by atoms with van der Waals surface area (Å²) in [4.78, 5) is 0. The van der Waals surface area contributed by atoms with E-state index in [1.54, 1.807) is 0 Å². The van der Waals surface area contributed by atoms with Crippen molar-refractivity contribution in [2.24, 2.45) is 5.92 Å². The van der Waals surface area contributed by atoms with E-state index in [1.165, 1.54) is 24.0 Å². The molecule has 102 valence electrons. The first-order valence-electron chi connectivity index (χ1n) is 6.81. The van der Waals surface area contributed by atoms with Gasteiger partial charge in [0.1, 0.15) is 0 Å². The SMILES string of the molecule is CCC(CC)CC(CCl)(CCl)c1ccc(C)cc1. The van der Waals surface area contributed by atoms with Crippen LogP contribution in [0.5, 0.6) is 0 Å². The maximum atomic E-state index is 6.27. The van der Waals surface area contributed by atoms with E-state index in [2.05, 4.69) is 45.0 Å². The second kappa shape index (κ2) is 7.40. The Balaban J connectivity index is 3.02. The third kappa shape index (κ3) is 3.65. The van der Waals surface area contributed by atoms with Crippen molar-refractivity contribution in [3.63, 3.8) is 0 Å². The quantitative estimate of drug-likeness (QED) is 0.578. The zero-order valence-corrected chi connectivity index (χ0v) is 13.2. The van der Waals surface area contributed by atoms with Crippen LogP contribution in [0.2, 0.25) is 0 Å². The summed E-state index contributed by atoms with van der Waals surface area (Å²) in [6, 6.07) is 8.66. The van der Waals surface area contributed by atoms with Crippen molar-refractivity contribution < 1.29 is 0 Å². The van der Waals surface area contributed by atoms with Crippen molar-refractivity contribution in [2.75, 3.05) is 11.8 Å². The third-order valence-electron chi connectivity index (χ3n) is 4.01. The van der Waals surface area contributed by atoms with E-state index in [0.717, 1.165) is 6.42 Å². The number of benzene rings is 1. The van der Waals surface area contributed by atoms with Crippen LogP contribution in [-0.4, -0.2) is 11.8 Å². The molecule has 0 aliphatic carbocycles. The molecule has 0 aromatic heterocycles. The summed E-state index contributed by atoms with van der Waals surface area (Å²) in [6.07, 6.45) is 3.46. The molecule has 0 bridgehead atoms. The standard InChI is InChI=1S/C16H24Cl2/c1-4-14(5-2)10-16(11-17,12-18)15-8-6-13(3)7-9-15/h6-9,14H,4-5,10-12H2,1-3H3. The van der Waals surface area contributed by atoms with Gasteiger partial charge in [0.25, 0.3) is 0 Å². The average Bonchev–Trinajstić information content (AvgIpc) is 2.42. The van der Waals surface area contributed by atoms with E-state index < -0.39 is 0 Å². The Hall–Kier alpha value is -0.200. The van der Waals surface area contributed by atoms with Crippen molar-refractivity contribution in [3.8, 4) is 0 Å². The predicted octanol–water partition coefficient (Wildman–Crippen LogP) is 5.54. The number of aryl methyl sites for hydroxylation is 1. The fourth-order valence-electron chi connectivity index (χ4n) is 2.45. The van der Waals surface area contributed by atoms with Gasteiger partial charge in [0.05, 0.1) is 0 Å². The lowest BCUT2D eigenvalue weighted by Crippen LogP contribution is -2.33. The Morgan fingerprint density at radius 1 is 1.00 bits per heavy atom.